The lowest BCUT2D eigenvalue weighted by atomic mass is 10.1. The number of halogens is 1. The van der Waals surface area contributed by atoms with E-state index in [1.807, 2.05) is 6.07 Å². The molecule has 1 aromatic carbocycles. The molecule has 0 bridgehead atoms. The van der Waals surface area contributed by atoms with Crippen LogP contribution in [0.3, 0.4) is 0 Å². The largest absolute Gasteiger partial charge is 0.383 e. The SMILES string of the molecule is CCC(COC)NCCc1ccccc1Br. The maximum absolute atomic E-state index is 5.15. The van der Waals surface area contributed by atoms with Crippen molar-refractivity contribution in [3.8, 4) is 0 Å². The summed E-state index contributed by atoms with van der Waals surface area (Å²) in [4.78, 5) is 0. The molecule has 0 radical (unpaired) electrons. The summed E-state index contributed by atoms with van der Waals surface area (Å²) >= 11 is 3.56. The molecule has 0 aliphatic heterocycles. The summed E-state index contributed by atoms with van der Waals surface area (Å²) in [6.45, 7) is 3.95. The van der Waals surface area contributed by atoms with E-state index in [2.05, 4.69) is 46.4 Å². The lowest BCUT2D eigenvalue weighted by Gasteiger charge is -2.16. The lowest BCUT2D eigenvalue weighted by Crippen LogP contribution is -2.34. The van der Waals surface area contributed by atoms with Crippen molar-refractivity contribution in [3.05, 3.63) is 34.3 Å². The van der Waals surface area contributed by atoms with Crippen molar-refractivity contribution in [3.63, 3.8) is 0 Å². The molecule has 0 heterocycles. The molecule has 0 saturated heterocycles. The highest BCUT2D eigenvalue weighted by atomic mass is 79.9. The second-order valence-electron chi connectivity index (χ2n) is 3.86. The average molecular weight is 286 g/mol. The fourth-order valence-corrected chi connectivity index (χ4v) is 2.12. The van der Waals surface area contributed by atoms with Crippen molar-refractivity contribution in [1.82, 2.24) is 5.32 Å². The van der Waals surface area contributed by atoms with Gasteiger partial charge in [-0.25, -0.2) is 0 Å². The van der Waals surface area contributed by atoms with Gasteiger partial charge < -0.3 is 10.1 Å². The van der Waals surface area contributed by atoms with E-state index in [0.29, 0.717) is 6.04 Å². The van der Waals surface area contributed by atoms with E-state index < -0.39 is 0 Å². The van der Waals surface area contributed by atoms with Crippen LogP contribution in [0, 0.1) is 0 Å². The third kappa shape index (κ3) is 4.64. The molecule has 0 saturated carbocycles. The minimum absolute atomic E-state index is 0.465. The van der Waals surface area contributed by atoms with Gasteiger partial charge in [0, 0.05) is 17.6 Å². The van der Waals surface area contributed by atoms with Crippen LogP contribution in [0.25, 0.3) is 0 Å². The van der Waals surface area contributed by atoms with E-state index in [9.17, 15) is 0 Å². The van der Waals surface area contributed by atoms with Gasteiger partial charge in [-0.3, -0.25) is 0 Å². The molecule has 2 nitrogen and oxygen atoms in total. The molecule has 0 aromatic heterocycles. The Bertz CT molecular complexity index is 304. The first kappa shape index (κ1) is 13.7. The van der Waals surface area contributed by atoms with Crippen molar-refractivity contribution < 1.29 is 4.74 Å². The Balaban J connectivity index is 2.32. The van der Waals surface area contributed by atoms with Crippen molar-refractivity contribution >= 4 is 15.9 Å². The van der Waals surface area contributed by atoms with E-state index in [4.69, 9.17) is 4.74 Å². The van der Waals surface area contributed by atoms with Crippen LogP contribution in [0.4, 0.5) is 0 Å². The van der Waals surface area contributed by atoms with Crippen LogP contribution in [-0.4, -0.2) is 26.3 Å². The average Bonchev–Trinajstić information content (AvgIpc) is 2.30. The number of ether oxygens (including phenoxy) is 1. The van der Waals surface area contributed by atoms with Crippen molar-refractivity contribution in [2.24, 2.45) is 0 Å². The van der Waals surface area contributed by atoms with Gasteiger partial charge in [-0.2, -0.15) is 0 Å². The monoisotopic (exact) mass is 285 g/mol. The fourth-order valence-electron chi connectivity index (χ4n) is 1.63. The second kappa shape index (κ2) is 7.82. The molecule has 1 atom stereocenters. The molecule has 16 heavy (non-hydrogen) atoms. The zero-order valence-corrected chi connectivity index (χ0v) is 11.6. The molecule has 0 spiro atoms. The van der Waals surface area contributed by atoms with Gasteiger partial charge in [0.1, 0.15) is 0 Å². The summed E-state index contributed by atoms with van der Waals surface area (Å²) in [6.07, 6.45) is 2.14. The number of methoxy groups -OCH3 is 1. The minimum Gasteiger partial charge on any atom is -0.383 e. The Morgan fingerprint density at radius 3 is 2.75 bits per heavy atom. The topological polar surface area (TPSA) is 21.3 Å². The van der Waals surface area contributed by atoms with Gasteiger partial charge in [0.15, 0.2) is 0 Å². The maximum Gasteiger partial charge on any atom is 0.0615 e. The fraction of sp³-hybridized carbons (Fsp3) is 0.538. The Kier molecular flexibility index (Phi) is 6.69. The van der Waals surface area contributed by atoms with Crippen LogP contribution < -0.4 is 5.32 Å². The number of rotatable bonds is 7. The zero-order valence-electron chi connectivity index (χ0n) is 10.0. The molecule has 1 unspecified atom stereocenters. The van der Waals surface area contributed by atoms with Crippen LogP contribution in [-0.2, 0) is 11.2 Å². The summed E-state index contributed by atoms with van der Waals surface area (Å²) in [6, 6.07) is 8.82. The first-order valence-corrected chi connectivity index (χ1v) is 6.53. The Morgan fingerprint density at radius 2 is 2.12 bits per heavy atom. The van der Waals surface area contributed by atoms with Gasteiger partial charge in [0.2, 0.25) is 0 Å². The van der Waals surface area contributed by atoms with E-state index in [-0.39, 0.29) is 0 Å². The van der Waals surface area contributed by atoms with E-state index in [1.165, 1.54) is 10.0 Å². The van der Waals surface area contributed by atoms with Crippen molar-refractivity contribution in [2.75, 3.05) is 20.3 Å². The first-order chi connectivity index (χ1) is 7.77. The van der Waals surface area contributed by atoms with Crippen LogP contribution in [0.2, 0.25) is 0 Å². The molecule has 0 fully saturated rings. The van der Waals surface area contributed by atoms with Crippen LogP contribution in [0.1, 0.15) is 18.9 Å². The van der Waals surface area contributed by atoms with E-state index >= 15 is 0 Å². The number of nitrogens with one attached hydrogen (secondary N) is 1. The quantitative estimate of drug-likeness (QED) is 0.832. The predicted molar refractivity (Wildman–Crippen MR) is 71.8 cm³/mol. The molecule has 0 aliphatic rings. The van der Waals surface area contributed by atoms with Crippen molar-refractivity contribution in [2.45, 2.75) is 25.8 Å². The lowest BCUT2D eigenvalue weighted by molar-refractivity contribution is 0.165. The highest BCUT2D eigenvalue weighted by Gasteiger charge is 2.04. The molecule has 1 aromatic rings. The highest BCUT2D eigenvalue weighted by molar-refractivity contribution is 9.10. The van der Waals surface area contributed by atoms with Gasteiger partial charge in [0.25, 0.3) is 0 Å². The van der Waals surface area contributed by atoms with Gasteiger partial charge in [-0.15, -0.1) is 0 Å². The standard InChI is InChI=1S/C13H20BrNO/c1-3-12(10-16-2)15-9-8-11-6-4-5-7-13(11)14/h4-7,12,15H,3,8-10H2,1-2H3. The van der Waals surface area contributed by atoms with Gasteiger partial charge >= 0.3 is 0 Å². The molecule has 1 N–H and O–H groups in total. The number of hydrogen-bond donors (Lipinski definition) is 1. The molecule has 90 valence electrons. The molecular formula is C13H20BrNO. The summed E-state index contributed by atoms with van der Waals surface area (Å²) in [5.41, 5.74) is 1.35. The summed E-state index contributed by atoms with van der Waals surface area (Å²) < 4.78 is 6.34. The normalized spacial score (nSPS) is 12.7. The summed E-state index contributed by atoms with van der Waals surface area (Å²) in [5, 5.41) is 3.50. The van der Waals surface area contributed by atoms with Gasteiger partial charge in [0.05, 0.1) is 6.61 Å². The Hall–Kier alpha value is -0.380. The molecular weight excluding hydrogens is 266 g/mol. The van der Waals surface area contributed by atoms with Crippen molar-refractivity contribution in [1.29, 1.82) is 0 Å². The molecule has 0 aliphatic carbocycles. The van der Waals surface area contributed by atoms with E-state index in [0.717, 1.165) is 26.0 Å². The molecule has 0 amide bonds. The maximum atomic E-state index is 5.15. The van der Waals surface area contributed by atoms with Crippen LogP contribution >= 0.6 is 15.9 Å². The third-order valence-corrected chi connectivity index (χ3v) is 3.42. The number of hydrogen-bond acceptors (Lipinski definition) is 2. The van der Waals surface area contributed by atoms with Gasteiger partial charge in [-0.1, -0.05) is 41.1 Å². The zero-order chi connectivity index (χ0) is 11.8. The number of benzene rings is 1. The van der Waals surface area contributed by atoms with Crippen LogP contribution in [0.15, 0.2) is 28.7 Å². The first-order valence-electron chi connectivity index (χ1n) is 5.73. The highest BCUT2D eigenvalue weighted by Crippen LogP contribution is 2.15. The second-order valence-corrected chi connectivity index (χ2v) is 4.71. The third-order valence-electron chi connectivity index (χ3n) is 2.65. The predicted octanol–water partition coefficient (Wildman–Crippen LogP) is 3.01. The molecule has 1 rings (SSSR count). The minimum atomic E-state index is 0.465. The Morgan fingerprint density at radius 1 is 1.38 bits per heavy atom. The van der Waals surface area contributed by atoms with Gasteiger partial charge in [-0.05, 0) is 31.0 Å². The van der Waals surface area contributed by atoms with E-state index in [1.54, 1.807) is 7.11 Å². The smallest absolute Gasteiger partial charge is 0.0615 e. The Labute approximate surface area is 107 Å². The summed E-state index contributed by atoms with van der Waals surface area (Å²) in [5.74, 6) is 0. The molecule has 3 heteroatoms. The van der Waals surface area contributed by atoms with Crippen LogP contribution in [0.5, 0.6) is 0 Å². The summed E-state index contributed by atoms with van der Waals surface area (Å²) in [7, 11) is 1.75.